The van der Waals surface area contributed by atoms with Gasteiger partial charge in [0.15, 0.2) is 0 Å². The van der Waals surface area contributed by atoms with Gasteiger partial charge in [-0.25, -0.2) is 18.4 Å². The molecule has 0 radical (unpaired) electrons. The SMILES string of the molecule is CC(C)(C)OC(=O)N1CCC(C(=O)Nc2ccc3[nH]nc(-c4cccc(S(N)(=O)=O)c4)c3c2)(c2ccccc2)CC1. The Morgan fingerprint density at radius 3 is 2.37 bits per heavy atom. The van der Waals surface area contributed by atoms with E-state index in [1.54, 1.807) is 23.1 Å². The number of primary sulfonamides is 1. The molecule has 2 amide bonds. The largest absolute Gasteiger partial charge is 0.444 e. The highest BCUT2D eigenvalue weighted by Crippen LogP contribution is 2.38. The number of aromatic nitrogens is 2. The van der Waals surface area contributed by atoms with Gasteiger partial charge in [0.1, 0.15) is 11.3 Å². The molecule has 11 heteroatoms. The van der Waals surface area contributed by atoms with E-state index in [9.17, 15) is 18.0 Å². The fourth-order valence-electron chi connectivity index (χ4n) is 5.18. The van der Waals surface area contributed by atoms with Crippen molar-refractivity contribution < 1.29 is 22.7 Å². The molecule has 1 aliphatic rings. The fraction of sp³-hybridized carbons (Fsp3) is 0.300. The molecule has 10 nitrogen and oxygen atoms in total. The van der Waals surface area contributed by atoms with Crippen LogP contribution in [0.15, 0.2) is 77.7 Å². The second kappa shape index (κ2) is 10.6. The Hall–Kier alpha value is -4.22. The van der Waals surface area contributed by atoms with E-state index in [0.29, 0.717) is 48.3 Å². The monoisotopic (exact) mass is 575 g/mol. The highest BCUT2D eigenvalue weighted by atomic mass is 32.2. The Balaban J connectivity index is 1.43. The predicted octanol–water partition coefficient (Wildman–Crippen LogP) is 4.78. The summed E-state index contributed by atoms with van der Waals surface area (Å²) in [5, 5.41) is 16.5. The number of carbonyl (C=O) groups excluding carboxylic acids is 2. The maximum absolute atomic E-state index is 14.0. The van der Waals surface area contributed by atoms with Crippen LogP contribution in [-0.4, -0.2) is 54.2 Å². The maximum Gasteiger partial charge on any atom is 0.410 e. The number of amides is 2. The normalized spacial score (nSPS) is 15.5. The number of H-pyrrole nitrogens is 1. The van der Waals surface area contributed by atoms with Crippen LogP contribution in [0, 0.1) is 0 Å². The van der Waals surface area contributed by atoms with Crippen LogP contribution in [0.5, 0.6) is 0 Å². The number of sulfonamides is 1. The summed E-state index contributed by atoms with van der Waals surface area (Å²) in [5.41, 5.74) is 1.82. The minimum Gasteiger partial charge on any atom is -0.444 e. The van der Waals surface area contributed by atoms with Gasteiger partial charge in [0.05, 0.1) is 15.8 Å². The van der Waals surface area contributed by atoms with Crippen molar-refractivity contribution in [3.63, 3.8) is 0 Å². The number of rotatable bonds is 5. The van der Waals surface area contributed by atoms with E-state index in [-0.39, 0.29) is 16.9 Å². The lowest BCUT2D eigenvalue weighted by Gasteiger charge is -2.41. The molecule has 0 atom stereocenters. The average molecular weight is 576 g/mol. The number of anilines is 1. The third-order valence-electron chi connectivity index (χ3n) is 7.29. The smallest absolute Gasteiger partial charge is 0.410 e. The molecule has 1 saturated heterocycles. The van der Waals surface area contributed by atoms with Crippen molar-refractivity contribution in [3.8, 4) is 11.3 Å². The number of piperidine rings is 1. The molecule has 1 aromatic heterocycles. The second-order valence-corrected chi connectivity index (χ2v) is 12.8. The second-order valence-electron chi connectivity index (χ2n) is 11.3. The molecule has 0 bridgehead atoms. The summed E-state index contributed by atoms with van der Waals surface area (Å²) in [4.78, 5) is 28.4. The van der Waals surface area contributed by atoms with Crippen LogP contribution in [0.25, 0.3) is 22.2 Å². The van der Waals surface area contributed by atoms with Gasteiger partial charge in [0.25, 0.3) is 0 Å². The third-order valence-corrected chi connectivity index (χ3v) is 8.20. The third kappa shape index (κ3) is 5.96. The number of benzene rings is 3. The van der Waals surface area contributed by atoms with E-state index in [0.717, 1.165) is 11.1 Å². The van der Waals surface area contributed by atoms with Crippen molar-refractivity contribution in [2.24, 2.45) is 5.14 Å². The summed E-state index contributed by atoms with van der Waals surface area (Å²) in [6, 6.07) is 21.3. The Labute approximate surface area is 238 Å². The number of nitrogens with one attached hydrogen (secondary N) is 2. The number of fused-ring (bicyclic) bond motifs is 1. The standard InChI is InChI=1S/C30H33N5O5S/c1-29(2,3)40-28(37)35-16-14-30(15-17-35,21-9-5-4-6-10-21)27(36)32-22-12-13-25-24(19-22)26(34-33-25)20-8-7-11-23(18-20)41(31,38)39/h4-13,18-19H,14-17H2,1-3H3,(H,32,36)(H,33,34)(H2,31,38,39). The van der Waals surface area contributed by atoms with Gasteiger partial charge in [-0.2, -0.15) is 5.10 Å². The van der Waals surface area contributed by atoms with Crippen molar-refractivity contribution in [2.45, 2.75) is 49.5 Å². The molecule has 1 fully saturated rings. The van der Waals surface area contributed by atoms with Crippen LogP contribution >= 0.6 is 0 Å². The first-order chi connectivity index (χ1) is 19.4. The maximum atomic E-state index is 14.0. The molecule has 214 valence electrons. The minimum absolute atomic E-state index is 0.0156. The van der Waals surface area contributed by atoms with Crippen LogP contribution in [0.4, 0.5) is 10.5 Å². The van der Waals surface area contributed by atoms with Gasteiger partial charge in [-0.05, 0) is 69.5 Å². The number of hydrogen-bond donors (Lipinski definition) is 3. The molecule has 4 N–H and O–H groups in total. The molecule has 2 heterocycles. The first-order valence-electron chi connectivity index (χ1n) is 13.3. The van der Waals surface area contributed by atoms with Crippen molar-refractivity contribution in [1.29, 1.82) is 0 Å². The summed E-state index contributed by atoms with van der Waals surface area (Å²) < 4.78 is 29.3. The zero-order valence-corrected chi connectivity index (χ0v) is 24.0. The van der Waals surface area contributed by atoms with Crippen LogP contribution < -0.4 is 10.5 Å². The van der Waals surface area contributed by atoms with E-state index in [1.165, 1.54) is 12.1 Å². The lowest BCUT2D eigenvalue weighted by Crippen LogP contribution is -2.51. The number of aromatic amines is 1. The molecular formula is C30H33N5O5S. The van der Waals surface area contributed by atoms with Gasteiger partial charge in [-0.1, -0.05) is 42.5 Å². The van der Waals surface area contributed by atoms with Crippen LogP contribution in [0.2, 0.25) is 0 Å². The molecule has 3 aromatic carbocycles. The van der Waals surface area contributed by atoms with E-state index in [4.69, 9.17) is 9.88 Å². The molecule has 0 saturated carbocycles. The predicted molar refractivity (Wildman–Crippen MR) is 157 cm³/mol. The van der Waals surface area contributed by atoms with E-state index >= 15 is 0 Å². The summed E-state index contributed by atoms with van der Waals surface area (Å²) >= 11 is 0. The summed E-state index contributed by atoms with van der Waals surface area (Å²) in [6.45, 7) is 6.24. The number of nitrogens with two attached hydrogens (primary N) is 1. The Morgan fingerprint density at radius 2 is 1.71 bits per heavy atom. The van der Waals surface area contributed by atoms with Gasteiger partial charge < -0.3 is 15.0 Å². The zero-order chi connectivity index (χ0) is 29.4. The van der Waals surface area contributed by atoms with Crippen molar-refractivity contribution in [2.75, 3.05) is 18.4 Å². The topological polar surface area (TPSA) is 147 Å². The van der Waals surface area contributed by atoms with Crippen molar-refractivity contribution in [3.05, 3.63) is 78.4 Å². The molecule has 0 spiro atoms. The Morgan fingerprint density at radius 1 is 1.00 bits per heavy atom. The number of carbonyl (C=O) groups is 2. The van der Waals surface area contributed by atoms with E-state index in [2.05, 4.69) is 15.5 Å². The lowest BCUT2D eigenvalue weighted by atomic mass is 9.72. The van der Waals surface area contributed by atoms with Crippen LogP contribution in [0.1, 0.15) is 39.2 Å². The highest BCUT2D eigenvalue weighted by molar-refractivity contribution is 7.89. The van der Waals surface area contributed by atoms with E-state index in [1.807, 2.05) is 63.2 Å². The zero-order valence-electron chi connectivity index (χ0n) is 23.2. The molecule has 4 aromatic rings. The van der Waals surface area contributed by atoms with Crippen LogP contribution in [0.3, 0.4) is 0 Å². The van der Waals surface area contributed by atoms with Crippen molar-refractivity contribution in [1.82, 2.24) is 15.1 Å². The van der Waals surface area contributed by atoms with Crippen molar-refractivity contribution >= 4 is 38.6 Å². The highest BCUT2D eigenvalue weighted by Gasteiger charge is 2.44. The molecule has 0 unspecified atom stereocenters. The molecule has 5 rings (SSSR count). The molecule has 0 aliphatic carbocycles. The fourth-order valence-corrected chi connectivity index (χ4v) is 5.74. The van der Waals surface area contributed by atoms with Gasteiger partial charge in [-0.15, -0.1) is 0 Å². The Bertz CT molecular complexity index is 1700. The molecule has 41 heavy (non-hydrogen) atoms. The Kier molecular flexibility index (Phi) is 7.35. The summed E-state index contributed by atoms with van der Waals surface area (Å²) in [7, 11) is -3.89. The van der Waals surface area contributed by atoms with Gasteiger partial charge in [0.2, 0.25) is 15.9 Å². The molecular weight excluding hydrogens is 542 g/mol. The number of likely N-dealkylation sites (tertiary alicyclic amines) is 1. The van der Waals surface area contributed by atoms with E-state index < -0.39 is 21.0 Å². The number of nitrogens with zero attached hydrogens (tertiary/aromatic N) is 2. The van der Waals surface area contributed by atoms with Gasteiger partial charge >= 0.3 is 6.09 Å². The van der Waals surface area contributed by atoms with Gasteiger partial charge in [-0.3, -0.25) is 9.89 Å². The van der Waals surface area contributed by atoms with Gasteiger partial charge in [0, 0.05) is 29.7 Å². The van der Waals surface area contributed by atoms with Crippen LogP contribution in [-0.2, 0) is 25.0 Å². The summed E-state index contributed by atoms with van der Waals surface area (Å²) in [6.07, 6.45) is 0.479. The average Bonchev–Trinajstić information content (AvgIpc) is 3.35. The first kappa shape index (κ1) is 28.3. The minimum atomic E-state index is -3.89. The summed E-state index contributed by atoms with van der Waals surface area (Å²) in [5.74, 6) is -0.173. The number of hydrogen-bond acceptors (Lipinski definition) is 6. The lowest BCUT2D eigenvalue weighted by molar-refractivity contribution is -0.123. The quantitative estimate of drug-likeness (QED) is 0.312. The molecule has 1 aliphatic heterocycles. The number of ether oxygens (including phenoxy) is 1. The first-order valence-corrected chi connectivity index (χ1v) is 14.9.